The van der Waals surface area contributed by atoms with E-state index < -0.39 is 0 Å². The van der Waals surface area contributed by atoms with E-state index in [9.17, 15) is 0 Å². The highest BCUT2D eigenvalue weighted by Gasteiger charge is 2.20. The van der Waals surface area contributed by atoms with E-state index in [1.165, 1.54) is 40.9 Å². The van der Waals surface area contributed by atoms with Gasteiger partial charge in [0, 0.05) is 18.3 Å². The lowest BCUT2D eigenvalue weighted by Crippen LogP contribution is -2.15. The summed E-state index contributed by atoms with van der Waals surface area (Å²) in [6.45, 7) is 9.60. The summed E-state index contributed by atoms with van der Waals surface area (Å²) in [5.74, 6) is 0. The quantitative estimate of drug-likeness (QED) is 0.908. The van der Waals surface area contributed by atoms with Crippen molar-refractivity contribution in [1.29, 1.82) is 0 Å². The van der Waals surface area contributed by atoms with Gasteiger partial charge in [0.05, 0.1) is 11.4 Å². The van der Waals surface area contributed by atoms with Crippen LogP contribution in [0.2, 0.25) is 0 Å². The van der Waals surface area contributed by atoms with Crippen molar-refractivity contribution < 1.29 is 0 Å². The molecule has 1 aromatic heterocycles. The first kappa shape index (κ1) is 14.3. The molecule has 1 aliphatic rings. The Bertz CT molecular complexity index is 651. The van der Waals surface area contributed by atoms with Gasteiger partial charge in [0.2, 0.25) is 0 Å². The SMILES string of the molecule is CCc1c(C)nn(-c2cc(CNC3CC3)ccc2C)c1C. The fourth-order valence-electron chi connectivity index (χ4n) is 2.96. The first-order chi connectivity index (χ1) is 10.1. The molecule has 1 heterocycles. The lowest BCUT2D eigenvalue weighted by atomic mass is 10.1. The summed E-state index contributed by atoms with van der Waals surface area (Å²) in [7, 11) is 0. The molecule has 21 heavy (non-hydrogen) atoms. The Hall–Kier alpha value is -1.61. The van der Waals surface area contributed by atoms with Crippen LogP contribution < -0.4 is 5.32 Å². The molecule has 1 aliphatic carbocycles. The van der Waals surface area contributed by atoms with Crippen LogP contribution >= 0.6 is 0 Å². The second kappa shape index (κ2) is 5.64. The molecule has 2 aromatic rings. The molecule has 0 unspecified atom stereocenters. The van der Waals surface area contributed by atoms with E-state index in [1.807, 2.05) is 0 Å². The molecule has 3 heteroatoms. The van der Waals surface area contributed by atoms with Crippen molar-refractivity contribution in [3.63, 3.8) is 0 Å². The predicted molar refractivity (Wildman–Crippen MR) is 87.0 cm³/mol. The maximum absolute atomic E-state index is 4.76. The standard InChI is InChI=1S/C18H25N3/c1-5-17-13(3)20-21(14(17)4)18-10-15(7-6-12(18)2)11-19-16-8-9-16/h6-7,10,16,19H,5,8-9,11H2,1-4H3. The predicted octanol–water partition coefficient (Wildman–Crippen LogP) is 3.61. The minimum absolute atomic E-state index is 0.745. The Labute approximate surface area is 127 Å². The van der Waals surface area contributed by atoms with Gasteiger partial charge in [0.1, 0.15) is 0 Å². The van der Waals surface area contributed by atoms with Crippen LogP contribution in [0.5, 0.6) is 0 Å². The zero-order chi connectivity index (χ0) is 15.0. The van der Waals surface area contributed by atoms with Gasteiger partial charge in [-0.1, -0.05) is 19.1 Å². The van der Waals surface area contributed by atoms with Crippen molar-refractivity contribution in [2.45, 2.75) is 59.5 Å². The average molecular weight is 283 g/mol. The second-order valence-corrected chi connectivity index (χ2v) is 6.19. The molecule has 0 aliphatic heterocycles. The van der Waals surface area contributed by atoms with Gasteiger partial charge in [-0.2, -0.15) is 5.10 Å². The maximum atomic E-state index is 4.76. The Kier molecular flexibility index (Phi) is 3.85. The average Bonchev–Trinajstić information content (AvgIpc) is 3.24. The van der Waals surface area contributed by atoms with Crippen LogP contribution in [0.1, 0.15) is 47.8 Å². The van der Waals surface area contributed by atoms with Gasteiger partial charge >= 0.3 is 0 Å². The number of rotatable bonds is 5. The van der Waals surface area contributed by atoms with E-state index >= 15 is 0 Å². The summed E-state index contributed by atoms with van der Waals surface area (Å²) in [6, 6.07) is 7.46. The van der Waals surface area contributed by atoms with Crippen LogP contribution in [0.4, 0.5) is 0 Å². The van der Waals surface area contributed by atoms with Gasteiger partial charge in [-0.05, 0) is 62.8 Å². The Morgan fingerprint density at radius 2 is 2.00 bits per heavy atom. The van der Waals surface area contributed by atoms with Crippen molar-refractivity contribution in [1.82, 2.24) is 15.1 Å². The minimum atomic E-state index is 0.745. The van der Waals surface area contributed by atoms with Crippen LogP contribution in [-0.2, 0) is 13.0 Å². The van der Waals surface area contributed by atoms with Crippen molar-refractivity contribution >= 4 is 0 Å². The monoisotopic (exact) mass is 283 g/mol. The lowest BCUT2D eigenvalue weighted by molar-refractivity contribution is 0.686. The number of nitrogens with one attached hydrogen (secondary N) is 1. The van der Waals surface area contributed by atoms with Crippen LogP contribution in [-0.4, -0.2) is 15.8 Å². The Balaban J connectivity index is 1.94. The molecule has 1 fully saturated rings. The van der Waals surface area contributed by atoms with E-state index in [0.717, 1.165) is 24.7 Å². The Morgan fingerprint density at radius 3 is 2.62 bits per heavy atom. The van der Waals surface area contributed by atoms with E-state index in [0.29, 0.717) is 0 Å². The molecule has 1 saturated carbocycles. The van der Waals surface area contributed by atoms with Gasteiger partial charge in [-0.3, -0.25) is 0 Å². The molecule has 0 saturated heterocycles. The first-order valence-electron chi connectivity index (χ1n) is 7.98. The second-order valence-electron chi connectivity index (χ2n) is 6.19. The number of aromatic nitrogens is 2. The van der Waals surface area contributed by atoms with Gasteiger partial charge in [-0.15, -0.1) is 0 Å². The fourth-order valence-corrected chi connectivity index (χ4v) is 2.96. The normalized spacial score (nSPS) is 14.7. The highest BCUT2D eigenvalue weighted by atomic mass is 15.3. The van der Waals surface area contributed by atoms with Crippen LogP contribution in [0.15, 0.2) is 18.2 Å². The fraction of sp³-hybridized carbons (Fsp3) is 0.500. The number of hydrogen-bond donors (Lipinski definition) is 1. The van der Waals surface area contributed by atoms with E-state index in [2.05, 4.69) is 55.9 Å². The van der Waals surface area contributed by atoms with Crippen molar-refractivity contribution in [2.24, 2.45) is 0 Å². The summed E-state index contributed by atoms with van der Waals surface area (Å²) in [5.41, 5.74) is 7.62. The van der Waals surface area contributed by atoms with E-state index in [4.69, 9.17) is 5.10 Å². The molecule has 0 atom stereocenters. The summed E-state index contributed by atoms with van der Waals surface area (Å²) >= 11 is 0. The van der Waals surface area contributed by atoms with Crippen LogP contribution in [0.25, 0.3) is 5.69 Å². The minimum Gasteiger partial charge on any atom is -0.310 e. The topological polar surface area (TPSA) is 29.9 Å². The molecule has 1 N–H and O–H groups in total. The molecule has 112 valence electrons. The highest BCUT2D eigenvalue weighted by Crippen LogP contribution is 2.23. The van der Waals surface area contributed by atoms with Crippen molar-refractivity contribution in [3.8, 4) is 5.69 Å². The molecule has 0 radical (unpaired) electrons. The summed E-state index contributed by atoms with van der Waals surface area (Å²) < 4.78 is 2.12. The number of aryl methyl sites for hydroxylation is 2. The molecule has 1 aromatic carbocycles. The molecule has 0 amide bonds. The molecular formula is C18H25N3. The van der Waals surface area contributed by atoms with Crippen molar-refractivity contribution in [3.05, 3.63) is 46.3 Å². The molecular weight excluding hydrogens is 258 g/mol. The van der Waals surface area contributed by atoms with Gasteiger partial charge in [-0.25, -0.2) is 4.68 Å². The zero-order valence-electron chi connectivity index (χ0n) is 13.5. The largest absolute Gasteiger partial charge is 0.310 e. The molecule has 3 nitrogen and oxygen atoms in total. The first-order valence-corrected chi connectivity index (χ1v) is 7.98. The number of benzene rings is 1. The lowest BCUT2D eigenvalue weighted by Gasteiger charge is -2.12. The smallest absolute Gasteiger partial charge is 0.0681 e. The third kappa shape index (κ3) is 2.88. The molecule has 0 bridgehead atoms. The Morgan fingerprint density at radius 1 is 1.24 bits per heavy atom. The van der Waals surface area contributed by atoms with Gasteiger partial charge < -0.3 is 5.32 Å². The van der Waals surface area contributed by atoms with Gasteiger partial charge in [0.25, 0.3) is 0 Å². The maximum Gasteiger partial charge on any atom is 0.0681 e. The summed E-state index contributed by atoms with van der Waals surface area (Å²) in [5, 5.41) is 8.34. The molecule has 0 spiro atoms. The highest BCUT2D eigenvalue weighted by molar-refractivity contribution is 5.45. The summed E-state index contributed by atoms with van der Waals surface area (Å²) in [4.78, 5) is 0. The van der Waals surface area contributed by atoms with Crippen LogP contribution in [0.3, 0.4) is 0 Å². The third-order valence-corrected chi connectivity index (χ3v) is 4.47. The number of hydrogen-bond acceptors (Lipinski definition) is 2. The van der Waals surface area contributed by atoms with Crippen LogP contribution in [0, 0.1) is 20.8 Å². The van der Waals surface area contributed by atoms with Gasteiger partial charge in [0.15, 0.2) is 0 Å². The van der Waals surface area contributed by atoms with E-state index in [-0.39, 0.29) is 0 Å². The summed E-state index contributed by atoms with van der Waals surface area (Å²) in [6.07, 6.45) is 3.70. The number of nitrogens with zero attached hydrogens (tertiary/aromatic N) is 2. The third-order valence-electron chi connectivity index (χ3n) is 4.47. The zero-order valence-corrected chi connectivity index (χ0v) is 13.5. The van der Waals surface area contributed by atoms with E-state index in [1.54, 1.807) is 0 Å². The van der Waals surface area contributed by atoms with Crippen molar-refractivity contribution in [2.75, 3.05) is 0 Å². The molecule has 3 rings (SSSR count).